The molecule has 0 aliphatic heterocycles. The lowest BCUT2D eigenvalue weighted by atomic mass is 9.86. The van der Waals surface area contributed by atoms with E-state index in [1.807, 2.05) is 48.5 Å². The summed E-state index contributed by atoms with van der Waals surface area (Å²) in [6.07, 6.45) is 3.33. The summed E-state index contributed by atoms with van der Waals surface area (Å²) in [5.74, 6) is 0.00851. The summed E-state index contributed by atoms with van der Waals surface area (Å²) in [6, 6.07) is 24.2. The first-order chi connectivity index (χ1) is 15.3. The van der Waals surface area contributed by atoms with Gasteiger partial charge in [-0.2, -0.15) is 0 Å². The minimum absolute atomic E-state index is 0.00851. The van der Waals surface area contributed by atoms with Crippen LogP contribution in [0.2, 0.25) is 0 Å². The number of carbonyl (C=O) groups excluding carboxylic acids is 1. The Bertz CT molecular complexity index is 1130. The average molecular weight is 443 g/mol. The Morgan fingerprint density at radius 3 is 2.44 bits per heavy atom. The van der Waals surface area contributed by atoms with Gasteiger partial charge in [-0.3, -0.25) is 4.79 Å². The van der Waals surface area contributed by atoms with Crippen LogP contribution in [0.1, 0.15) is 72.3 Å². The van der Waals surface area contributed by atoms with Gasteiger partial charge in [0.25, 0.3) is 0 Å². The molecule has 0 radical (unpaired) electrons. The molecule has 0 heterocycles. The lowest BCUT2D eigenvalue weighted by Gasteiger charge is -2.27. The summed E-state index contributed by atoms with van der Waals surface area (Å²) in [7, 11) is 0. The lowest BCUT2D eigenvalue weighted by molar-refractivity contribution is 0.103. The lowest BCUT2D eigenvalue weighted by Crippen LogP contribution is -2.34. The number of hydrogen-bond donors (Lipinski definition) is 2. The molecule has 3 aromatic carbocycles. The van der Waals surface area contributed by atoms with Crippen molar-refractivity contribution >= 4 is 28.8 Å². The van der Waals surface area contributed by atoms with Crippen LogP contribution in [0.3, 0.4) is 0 Å². The Balaban J connectivity index is 1.44. The van der Waals surface area contributed by atoms with Crippen LogP contribution >= 0.6 is 12.2 Å². The fraction of sp³-hybridized carbons (Fsp3) is 0.286. The molecule has 0 unspecified atom stereocenters. The van der Waals surface area contributed by atoms with Gasteiger partial charge in [-0.05, 0) is 65.7 Å². The van der Waals surface area contributed by atoms with Crippen LogP contribution in [0.4, 0.5) is 5.69 Å². The molecule has 0 fully saturated rings. The molecule has 1 atom stereocenters. The summed E-state index contributed by atoms with van der Waals surface area (Å²) < 4.78 is 0. The normalized spacial score (nSPS) is 15.5. The SMILES string of the molecule is CC(C)(C)c1ccc(C(=O)c2cccc(NC(=S)N[C@H]3CCCc4ccccc43)c2)cc1. The predicted octanol–water partition coefficient (Wildman–Crippen LogP) is 6.58. The molecule has 3 aromatic rings. The van der Waals surface area contributed by atoms with E-state index >= 15 is 0 Å². The van der Waals surface area contributed by atoms with Crippen molar-refractivity contribution in [1.29, 1.82) is 0 Å². The van der Waals surface area contributed by atoms with Gasteiger partial charge in [0.15, 0.2) is 10.9 Å². The van der Waals surface area contributed by atoms with Gasteiger partial charge in [0.2, 0.25) is 0 Å². The topological polar surface area (TPSA) is 41.1 Å². The molecule has 0 bridgehead atoms. The van der Waals surface area contributed by atoms with Crippen molar-refractivity contribution in [2.24, 2.45) is 0 Å². The highest BCUT2D eigenvalue weighted by molar-refractivity contribution is 7.80. The maximum atomic E-state index is 13.0. The Kier molecular flexibility index (Phi) is 6.43. The molecule has 0 amide bonds. The van der Waals surface area contributed by atoms with E-state index in [0.29, 0.717) is 16.2 Å². The molecule has 0 saturated heterocycles. The van der Waals surface area contributed by atoms with Gasteiger partial charge in [0.05, 0.1) is 6.04 Å². The first-order valence-corrected chi connectivity index (χ1v) is 11.6. The number of benzene rings is 3. The minimum atomic E-state index is 0.00851. The highest BCUT2D eigenvalue weighted by Crippen LogP contribution is 2.29. The maximum absolute atomic E-state index is 13.0. The van der Waals surface area contributed by atoms with Crippen LogP contribution in [0.5, 0.6) is 0 Å². The van der Waals surface area contributed by atoms with Crippen LogP contribution in [-0.2, 0) is 11.8 Å². The van der Waals surface area contributed by atoms with E-state index in [9.17, 15) is 4.79 Å². The standard InChI is InChI=1S/C28H30N2OS/c1-28(2,3)22-16-14-20(15-17-22)26(31)21-10-6-11-23(18-21)29-27(32)30-25-13-7-9-19-8-4-5-12-24(19)25/h4-6,8,10-12,14-18,25H,7,9,13H2,1-3H3,(H2,29,30,32)/t25-/m0/s1. The zero-order chi connectivity index (χ0) is 22.7. The number of ketones is 1. The van der Waals surface area contributed by atoms with E-state index in [0.717, 1.165) is 24.9 Å². The van der Waals surface area contributed by atoms with Crippen LogP contribution < -0.4 is 10.6 Å². The van der Waals surface area contributed by atoms with E-state index in [1.54, 1.807) is 0 Å². The maximum Gasteiger partial charge on any atom is 0.193 e. The molecule has 1 aliphatic carbocycles. The third-order valence-electron chi connectivity index (χ3n) is 6.07. The number of fused-ring (bicyclic) bond motifs is 1. The van der Waals surface area contributed by atoms with Crippen molar-refractivity contribution < 1.29 is 4.79 Å². The quantitative estimate of drug-likeness (QED) is 0.354. The molecule has 0 saturated carbocycles. The Hall–Kier alpha value is -2.98. The average Bonchev–Trinajstić information content (AvgIpc) is 2.78. The monoisotopic (exact) mass is 442 g/mol. The number of anilines is 1. The van der Waals surface area contributed by atoms with E-state index < -0.39 is 0 Å². The molecular formula is C28H30N2OS. The molecule has 3 nitrogen and oxygen atoms in total. The first-order valence-electron chi connectivity index (χ1n) is 11.2. The third-order valence-corrected chi connectivity index (χ3v) is 6.29. The van der Waals surface area contributed by atoms with Crippen LogP contribution in [0, 0.1) is 0 Å². The Labute approximate surface area is 196 Å². The van der Waals surface area contributed by atoms with Crippen LogP contribution in [0.25, 0.3) is 0 Å². The summed E-state index contributed by atoms with van der Waals surface area (Å²) >= 11 is 5.59. The largest absolute Gasteiger partial charge is 0.356 e. The van der Waals surface area contributed by atoms with E-state index in [-0.39, 0.29) is 17.2 Å². The molecule has 2 N–H and O–H groups in total. The second kappa shape index (κ2) is 9.25. The zero-order valence-corrected chi connectivity index (χ0v) is 19.8. The number of rotatable bonds is 4. The summed E-state index contributed by atoms with van der Waals surface area (Å²) in [5, 5.41) is 7.30. The van der Waals surface area contributed by atoms with E-state index in [2.05, 4.69) is 55.7 Å². The van der Waals surface area contributed by atoms with Crippen molar-refractivity contribution in [3.63, 3.8) is 0 Å². The Morgan fingerprint density at radius 2 is 1.69 bits per heavy atom. The molecule has 32 heavy (non-hydrogen) atoms. The second-order valence-corrected chi connectivity index (χ2v) is 9.89. The fourth-order valence-electron chi connectivity index (χ4n) is 4.26. The zero-order valence-electron chi connectivity index (χ0n) is 18.9. The molecule has 0 aromatic heterocycles. The number of nitrogens with one attached hydrogen (secondary N) is 2. The van der Waals surface area contributed by atoms with E-state index in [1.165, 1.54) is 16.7 Å². The summed E-state index contributed by atoms with van der Waals surface area (Å²) in [4.78, 5) is 13.0. The van der Waals surface area contributed by atoms with E-state index in [4.69, 9.17) is 12.2 Å². The molecule has 164 valence electrons. The van der Waals surface area contributed by atoms with Gasteiger partial charge in [-0.1, -0.05) is 81.4 Å². The number of aryl methyl sites for hydroxylation is 1. The van der Waals surface area contributed by atoms with Crippen molar-refractivity contribution in [1.82, 2.24) is 5.32 Å². The third kappa shape index (κ3) is 5.08. The number of carbonyl (C=O) groups is 1. The Morgan fingerprint density at radius 1 is 0.938 bits per heavy atom. The van der Waals surface area contributed by atoms with Gasteiger partial charge < -0.3 is 10.6 Å². The summed E-state index contributed by atoms with van der Waals surface area (Å²) in [5.41, 5.74) is 6.13. The van der Waals surface area contributed by atoms with Crippen molar-refractivity contribution in [2.75, 3.05) is 5.32 Å². The minimum Gasteiger partial charge on any atom is -0.356 e. The molecule has 1 aliphatic rings. The van der Waals surface area contributed by atoms with Crippen molar-refractivity contribution in [2.45, 2.75) is 51.5 Å². The molecule has 0 spiro atoms. The smallest absolute Gasteiger partial charge is 0.193 e. The van der Waals surface area contributed by atoms with Gasteiger partial charge in [0, 0.05) is 16.8 Å². The van der Waals surface area contributed by atoms with Gasteiger partial charge >= 0.3 is 0 Å². The van der Waals surface area contributed by atoms with Gasteiger partial charge in [-0.25, -0.2) is 0 Å². The first kappa shape index (κ1) is 22.2. The fourth-order valence-corrected chi connectivity index (χ4v) is 4.52. The van der Waals surface area contributed by atoms with Crippen molar-refractivity contribution in [3.8, 4) is 0 Å². The number of hydrogen-bond acceptors (Lipinski definition) is 2. The molecule has 4 rings (SSSR count). The number of thiocarbonyl (C=S) groups is 1. The van der Waals surface area contributed by atoms with Gasteiger partial charge in [-0.15, -0.1) is 0 Å². The highest BCUT2D eigenvalue weighted by Gasteiger charge is 2.20. The highest BCUT2D eigenvalue weighted by atomic mass is 32.1. The molecular weight excluding hydrogens is 412 g/mol. The predicted molar refractivity (Wildman–Crippen MR) is 136 cm³/mol. The summed E-state index contributed by atoms with van der Waals surface area (Å²) in [6.45, 7) is 6.51. The van der Waals surface area contributed by atoms with Crippen molar-refractivity contribution in [3.05, 3.63) is 101 Å². The second-order valence-electron chi connectivity index (χ2n) is 9.48. The van der Waals surface area contributed by atoms with Crippen LogP contribution in [-0.4, -0.2) is 10.9 Å². The molecule has 4 heteroatoms. The van der Waals surface area contributed by atoms with Crippen LogP contribution in [0.15, 0.2) is 72.8 Å². The van der Waals surface area contributed by atoms with Gasteiger partial charge in [0.1, 0.15) is 0 Å².